The second-order valence-corrected chi connectivity index (χ2v) is 8.62. The molecule has 0 saturated heterocycles. The molecule has 9 heteroatoms. The predicted molar refractivity (Wildman–Crippen MR) is 107 cm³/mol. The molecule has 0 unspecified atom stereocenters. The molecule has 0 bridgehead atoms. The SMILES string of the molecule is COc1cccc(S(=O)(=O)NC(C)(C)CC/C=C/Cn2ccc(=O)[nH]c2=O)c1. The molecule has 152 valence electrons. The van der Waals surface area contributed by atoms with Gasteiger partial charge in [0.05, 0.1) is 12.0 Å². The number of allylic oxidation sites excluding steroid dienone is 2. The van der Waals surface area contributed by atoms with Crippen LogP contribution in [-0.4, -0.2) is 30.6 Å². The molecule has 0 fully saturated rings. The Bertz CT molecular complexity index is 1050. The van der Waals surface area contributed by atoms with E-state index in [-0.39, 0.29) is 4.90 Å². The first-order valence-corrected chi connectivity index (χ1v) is 10.2. The van der Waals surface area contributed by atoms with Crippen molar-refractivity contribution >= 4 is 10.0 Å². The highest BCUT2D eigenvalue weighted by atomic mass is 32.2. The summed E-state index contributed by atoms with van der Waals surface area (Å²) in [6.45, 7) is 3.95. The number of methoxy groups -OCH3 is 1. The number of nitrogens with zero attached hydrogens (tertiary/aromatic N) is 1. The van der Waals surface area contributed by atoms with Crippen LogP contribution < -0.4 is 20.7 Å². The van der Waals surface area contributed by atoms with Crippen LogP contribution in [-0.2, 0) is 16.6 Å². The van der Waals surface area contributed by atoms with Crippen LogP contribution in [0.2, 0.25) is 0 Å². The maximum atomic E-state index is 12.6. The number of rotatable bonds is 9. The molecule has 0 radical (unpaired) electrons. The lowest BCUT2D eigenvalue weighted by atomic mass is 10.00. The molecule has 0 spiro atoms. The lowest BCUT2D eigenvalue weighted by Crippen LogP contribution is -2.43. The first kappa shape index (κ1) is 21.6. The average molecular weight is 407 g/mol. The molecule has 0 saturated carbocycles. The summed E-state index contributed by atoms with van der Waals surface area (Å²) in [5, 5.41) is 0. The molecule has 0 amide bonds. The van der Waals surface area contributed by atoms with Crippen molar-refractivity contribution in [1.29, 1.82) is 0 Å². The summed E-state index contributed by atoms with van der Waals surface area (Å²) >= 11 is 0. The molecular formula is C19H25N3O5S. The molecular weight excluding hydrogens is 382 g/mol. The zero-order chi connectivity index (χ0) is 20.8. The van der Waals surface area contributed by atoms with Crippen molar-refractivity contribution in [3.63, 3.8) is 0 Å². The van der Waals surface area contributed by atoms with E-state index in [1.807, 2.05) is 19.9 Å². The first-order valence-electron chi connectivity index (χ1n) is 8.76. The van der Waals surface area contributed by atoms with Gasteiger partial charge in [-0.3, -0.25) is 14.3 Å². The van der Waals surface area contributed by atoms with E-state index in [0.717, 1.165) is 0 Å². The third-order valence-corrected chi connectivity index (χ3v) is 5.76. The Morgan fingerprint density at radius 2 is 1.96 bits per heavy atom. The third-order valence-electron chi connectivity index (χ3n) is 4.06. The van der Waals surface area contributed by atoms with Crippen LogP contribution in [0.3, 0.4) is 0 Å². The second-order valence-electron chi connectivity index (χ2n) is 6.94. The maximum Gasteiger partial charge on any atom is 0.328 e. The van der Waals surface area contributed by atoms with Gasteiger partial charge in [-0.2, -0.15) is 0 Å². The van der Waals surface area contributed by atoms with E-state index in [1.54, 1.807) is 18.2 Å². The van der Waals surface area contributed by atoms with Gasteiger partial charge < -0.3 is 4.74 Å². The largest absolute Gasteiger partial charge is 0.497 e. The molecule has 0 aliphatic carbocycles. The van der Waals surface area contributed by atoms with Crippen LogP contribution in [0.4, 0.5) is 0 Å². The molecule has 2 rings (SSSR count). The smallest absolute Gasteiger partial charge is 0.328 e. The van der Waals surface area contributed by atoms with Crippen LogP contribution in [0, 0.1) is 0 Å². The third kappa shape index (κ3) is 6.21. The number of H-pyrrole nitrogens is 1. The van der Waals surface area contributed by atoms with Crippen LogP contribution >= 0.6 is 0 Å². The van der Waals surface area contributed by atoms with Crippen molar-refractivity contribution in [1.82, 2.24) is 14.3 Å². The highest BCUT2D eigenvalue weighted by Crippen LogP contribution is 2.20. The van der Waals surface area contributed by atoms with Crippen molar-refractivity contribution < 1.29 is 13.2 Å². The van der Waals surface area contributed by atoms with Gasteiger partial charge in [-0.25, -0.2) is 17.9 Å². The Kier molecular flexibility index (Phi) is 6.98. The van der Waals surface area contributed by atoms with Crippen molar-refractivity contribution in [3.8, 4) is 5.75 Å². The van der Waals surface area contributed by atoms with Crippen LogP contribution in [0.15, 0.2) is 63.2 Å². The minimum atomic E-state index is -3.68. The van der Waals surface area contributed by atoms with E-state index < -0.39 is 26.8 Å². The summed E-state index contributed by atoms with van der Waals surface area (Å²) in [6.07, 6.45) is 6.28. The number of hydrogen-bond donors (Lipinski definition) is 2. The standard InChI is InChI=1S/C19H25N3O5S/c1-19(2,21-28(25,26)16-9-7-8-15(14-16)27-3)11-5-4-6-12-22-13-10-17(23)20-18(22)24/h4,6-10,13-14,21H,5,11-12H2,1-3H3,(H,20,23,24)/b6-4+. The second kappa shape index (κ2) is 9.03. The minimum absolute atomic E-state index is 0.146. The van der Waals surface area contributed by atoms with E-state index in [2.05, 4.69) is 9.71 Å². The van der Waals surface area contributed by atoms with Gasteiger partial charge in [0.1, 0.15) is 5.75 Å². The van der Waals surface area contributed by atoms with Gasteiger partial charge in [-0.05, 0) is 38.8 Å². The Morgan fingerprint density at radius 3 is 2.64 bits per heavy atom. The Labute approximate surface area is 163 Å². The molecule has 2 N–H and O–H groups in total. The zero-order valence-corrected chi connectivity index (χ0v) is 17.0. The normalized spacial score (nSPS) is 12.4. The fourth-order valence-corrected chi connectivity index (χ4v) is 4.06. The van der Waals surface area contributed by atoms with Crippen LogP contribution in [0.25, 0.3) is 0 Å². The van der Waals surface area contributed by atoms with Crippen molar-refractivity contribution in [3.05, 3.63) is 69.5 Å². The fraction of sp³-hybridized carbons (Fsp3) is 0.368. The molecule has 0 aliphatic rings. The van der Waals surface area contributed by atoms with E-state index >= 15 is 0 Å². The van der Waals surface area contributed by atoms with Gasteiger partial charge >= 0.3 is 5.69 Å². The maximum absolute atomic E-state index is 12.6. The van der Waals surface area contributed by atoms with Gasteiger partial charge in [-0.15, -0.1) is 0 Å². The summed E-state index contributed by atoms with van der Waals surface area (Å²) in [5.74, 6) is 0.473. The number of aromatic nitrogens is 2. The van der Waals surface area contributed by atoms with Gasteiger partial charge in [0.25, 0.3) is 5.56 Å². The van der Waals surface area contributed by atoms with Crippen molar-refractivity contribution in [2.24, 2.45) is 0 Å². The van der Waals surface area contributed by atoms with Crippen molar-refractivity contribution in [2.75, 3.05) is 7.11 Å². The van der Waals surface area contributed by atoms with Gasteiger partial charge in [0, 0.05) is 30.4 Å². The summed E-state index contributed by atoms with van der Waals surface area (Å²) in [5.41, 5.74) is -1.57. The Morgan fingerprint density at radius 1 is 1.21 bits per heavy atom. The highest BCUT2D eigenvalue weighted by molar-refractivity contribution is 7.89. The topological polar surface area (TPSA) is 110 Å². The monoisotopic (exact) mass is 407 g/mol. The van der Waals surface area contributed by atoms with Gasteiger partial charge in [0.2, 0.25) is 10.0 Å². The quantitative estimate of drug-likeness (QED) is 0.614. The van der Waals surface area contributed by atoms with Gasteiger partial charge in [-0.1, -0.05) is 18.2 Å². The van der Waals surface area contributed by atoms with E-state index in [9.17, 15) is 18.0 Å². The minimum Gasteiger partial charge on any atom is -0.497 e. The molecule has 0 aliphatic heterocycles. The zero-order valence-electron chi connectivity index (χ0n) is 16.1. The van der Waals surface area contributed by atoms with E-state index in [1.165, 1.54) is 36.1 Å². The average Bonchev–Trinajstić information content (AvgIpc) is 2.62. The summed E-state index contributed by atoms with van der Waals surface area (Å²) in [4.78, 5) is 25.0. The molecule has 1 aromatic carbocycles. The number of hydrogen-bond acceptors (Lipinski definition) is 5. The number of aromatic amines is 1. The molecule has 2 aromatic rings. The lowest BCUT2D eigenvalue weighted by molar-refractivity contribution is 0.412. The predicted octanol–water partition coefficient (Wildman–Crippen LogP) is 1.64. The number of sulfonamides is 1. The lowest BCUT2D eigenvalue weighted by Gasteiger charge is -2.25. The van der Waals surface area contributed by atoms with Gasteiger partial charge in [0.15, 0.2) is 0 Å². The Hall–Kier alpha value is -2.65. The van der Waals surface area contributed by atoms with Crippen LogP contribution in [0.1, 0.15) is 26.7 Å². The summed E-state index contributed by atoms with van der Waals surface area (Å²) in [7, 11) is -2.20. The molecule has 1 aromatic heterocycles. The number of ether oxygens (including phenoxy) is 1. The molecule has 0 atom stereocenters. The highest BCUT2D eigenvalue weighted by Gasteiger charge is 2.25. The van der Waals surface area contributed by atoms with E-state index in [4.69, 9.17) is 4.74 Å². The fourth-order valence-electron chi connectivity index (χ4n) is 2.58. The summed E-state index contributed by atoms with van der Waals surface area (Å²) in [6, 6.07) is 7.58. The molecule has 28 heavy (non-hydrogen) atoms. The summed E-state index contributed by atoms with van der Waals surface area (Å²) < 4.78 is 34.4. The van der Waals surface area contributed by atoms with E-state index in [0.29, 0.717) is 25.1 Å². The molecule has 8 nitrogen and oxygen atoms in total. The van der Waals surface area contributed by atoms with Crippen LogP contribution in [0.5, 0.6) is 5.75 Å². The van der Waals surface area contributed by atoms with Crippen molar-refractivity contribution in [2.45, 2.75) is 43.7 Å². The first-order chi connectivity index (χ1) is 13.1. The molecule has 1 heterocycles. The Balaban J connectivity index is 1.93. The number of nitrogens with one attached hydrogen (secondary N) is 2. The number of benzene rings is 1.